The Labute approximate surface area is 38.4 Å². The Bertz CT molecular complexity index is 41.6. The second-order valence-electron chi connectivity index (χ2n) is 1.01. The van der Waals surface area contributed by atoms with Crippen LogP contribution in [0.3, 0.4) is 0 Å². The first kappa shape index (κ1) is 3.45. The van der Waals surface area contributed by atoms with Crippen molar-refractivity contribution in [2.45, 2.75) is 10.6 Å². The van der Waals surface area contributed by atoms with Crippen molar-refractivity contribution < 1.29 is 0 Å². The molecule has 1 aliphatic heterocycles. The van der Waals surface area contributed by atoms with E-state index in [0.29, 0.717) is 0 Å². The molecule has 0 aromatic rings. The molecular weight excluding hydrogens is 127 g/mol. The first-order valence-corrected chi connectivity index (χ1v) is 4.15. The van der Waals surface area contributed by atoms with Gasteiger partial charge in [-0.3, -0.25) is 0 Å². The third-order valence-corrected chi connectivity index (χ3v) is 2.39. The van der Waals surface area contributed by atoms with Crippen molar-refractivity contribution in [3.8, 4) is 0 Å². The number of hydrogen-bond donors (Lipinski definition) is 0. The van der Waals surface area contributed by atoms with Gasteiger partial charge in [0.1, 0.15) is 0 Å². The molecule has 1 rings (SSSR count). The standard InChI is InChI=1S/C4H6Se/c1-2-4-5-3-1/h1-2H,3-4H2. The molecule has 28 valence electrons. The summed E-state index contributed by atoms with van der Waals surface area (Å²) < 4.78 is 0. The molecule has 0 bridgehead atoms. The van der Waals surface area contributed by atoms with E-state index in [-0.39, 0.29) is 0 Å². The minimum absolute atomic E-state index is 0.958. The Morgan fingerprint density at radius 1 is 1.20 bits per heavy atom. The van der Waals surface area contributed by atoms with Gasteiger partial charge in [-0.05, 0) is 0 Å². The summed E-state index contributed by atoms with van der Waals surface area (Å²) in [5.74, 6) is 0. The Hall–Kier alpha value is 0.259. The van der Waals surface area contributed by atoms with Gasteiger partial charge in [-0.2, -0.15) is 0 Å². The van der Waals surface area contributed by atoms with Crippen LogP contribution in [0.2, 0.25) is 10.6 Å². The van der Waals surface area contributed by atoms with Gasteiger partial charge in [0.05, 0.1) is 0 Å². The summed E-state index contributed by atoms with van der Waals surface area (Å²) in [5.41, 5.74) is 0. The first-order valence-electron chi connectivity index (χ1n) is 1.73. The Morgan fingerprint density at radius 2 is 1.80 bits per heavy atom. The van der Waals surface area contributed by atoms with Crippen molar-refractivity contribution in [3.63, 3.8) is 0 Å². The predicted molar refractivity (Wildman–Crippen MR) is 24.5 cm³/mol. The van der Waals surface area contributed by atoms with Crippen molar-refractivity contribution in [2.75, 3.05) is 0 Å². The van der Waals surface area contributed by atoms with E-state index in [4.69, 9.17) is 0 Å². The van der Waals surface area contributed by atoms with Crippen LogP contribution in [-0.2, 0) is 0 Å². The summed E-state index contributed by atoms with van der Waals surface area (Å²) in [6.07, 6.45) is 4.53. The van der Waals surface area contributed by atoms with E-state index in [0.717, 1.165) is 15.0 Å². The number of allylic oxidation sites excluding steroid dienone is 2. The topological polar surface area (TPSA) is 0 Å². The van der Waals surface area contributed by atoms with E-state index in [2.05, 4.69) is 12.2 Å². The molecule has 0 fully saturated rings. The molecule has 0 aliphatic carbocycles. The van der Waals surface area contributed by atoms with Crippen LogP contribution in [0.25, 0.3) is 0 Å². The maximum atomic E-state index is 2.26. The van der Waals surface area contributed by atoms with E-state index in [9.17, 15) is 0 Å². The maximum absolute atomic E-state index is 2.26. The van der Waals surface area contributed by atoms with Gasteiger partial charge in [0.15, 0.2) is 0 Å². The summed E-state index contributed by atoms with van der Waals surface area (Å²) in [7, 11) is 0. The summed E-state index contributed by atoms with van der Waals surface area (Å²) in [5, 5.41) is 2.76. The zero-order chi connectivity index (χ0) is 3.54. The van der Waals surface area contributed by atoms with Gasteiger partial charge in [-0.15, -0.1) is 0 Å². The van der Waals surface area contributed by atoms with Crippen LogP contribution in [0.5, 0.6) is 0 Å². The van der Waals surface area contributed by atoms with Crippen LogP contribution in [0.15, 0.2) is 12.2 Å². The zero-order valence-electron chi connectivity index (χ0n) is 2.98. The van der Waals surface area contributed by atoms with Crippen LogP contribution in [0.1, 0.15) is 0 Å². The van der Waals surface area contributed by atoms with Crippen molar-refractivity contribution in [3.05, 3.63) is 12.2 Å². The molecule has 5 heavy (non-hydrogen) atoms. The van der Waals surface area contributed by atoms with Gasteiger partial charge >= 0.3 is 37.7 Å². The molecule has 1 aliphatic rings. The van der Waals surface area contributed by atoms with E-state index in [1.807, 2.05) is 0 Å². The van der Waals surface area contributed by atoms with E-state index in [1.54, 1.807) is 0 Å². The number of hydrogen-bond acceptors (Lipinski definition) is 0. The van der Waals surface area contributed by atoms with Gasteiger partial charge < -0.3 is 0 Å². The van der Waals surface area contributed by atoms with Gasteiger partial charge in [-0.25, -0.2) is 0 Å². The average molecular weight is 133 g/mol. The normalized spacial score (nSPS) is 20.8. The molecule has 0 saturated carbocycles. The first-order chi connectivity index (χ1) is 2.50. The third kappa shape index (κ3) is 0.786. The molecule has 1 heteroatoms. The fourth-order valence-electron chi connectivity index (χ4n) is 0.340. The molecule has 0 aromatic carbocycles. The molecular formula is C4H6Se. The predicted octanol–water partition coefficient (Wildman–Crippen LogP) is 1.10. The van der Waals surface area contributed by atoms with Crippen LogP contribution >= 0.6 is 0 Å². The van der Waals surface area contributed by atoms with Gasteiger partial charge in [0, 0.05) is 0 Å². The van der Waals surface area contributed by atoms with Crippen molar-refractivity contribution in [1.82, 2.24) is 0 Å². The van der Waals surface area contributed by atoms with E-state index < -0.39 is 0 Å². The van der Waals surface area contributed by atoms with Crippen molar-refractivity contribution >= 4 is 15.0 Å². The summed E-state index contributed by atoms with van der Waals surface area (Å²) >= 11 is 0.958. The molecule has 0 atom stereocenters. The fraction of sp³-hybridized carbons (Fsp3) is 0.500. The second kappa shape index (κ2) is 1.64. The van der Waals surface area contributed by atoms with Crippen LogP contribution in [0.4, 0.5) is 0 Å². The molecule has 0 saturated heterocycles. The van der Waals surface area contributed by atoms with Crippen molar-refractivity contribution in [1.29, 1.82) is 0 Å². The van der Waals surface area contributed by atoms with E-state index in [1.165, 1.54) is 10.6 Å². The van der Waals surface area contributed by atoms with Crippen molar-refractivity contribution in [2.24, 2.45) is 0 Å². The number of rotatable bonds is 0. The SMILES string of the molecule is C1=CC[Se]C1. The quantitative estimate of drug-likeness (QED) is 0.343. The molecule has 0 aromatic heterocycles. The molecule has 1 heterocycles. The van der Waals surface area contributed by atoms with Gasteiger partial charge in [0.25, 0.3) is 0 Å². The molecule has 0 spiro atoms. The molecule has 0 radical (unpaired) electrons. The molecule has 0 nitrogen and oxygen atoms in total. The summed E-state index contributed by atoms with van der Waals surface area (Å²) in [6.45, 7) is 0. The average Bonchev–Trinajstić information content (AvgIpc) is 1.76. The molecule has 0 N–H and O–H groups in total. The minimum atomic E-state index is 0.958. The Balaban J connectivity index is 2.32. The van der Waals surface area contributed by atoms with E-state index >= 15 is 0 Å². The summed E-state index contributed by atoms with van der Waals surface area (Å²) in [6, 6.07) is 0. The Kier molecular flexibility index (Phi) is 1.13. The monoisotopic (exact) mass is 134 g/mol. The zero-order valence-corrected chi connectivity index (χ0v) is 4.69. The van der Waals surface area contributed by atoms with Gasteiger partial charge in [0.2, 0.25) is 0 Å². The van der Waals surface area contributed by atoms with Gasteiger partial charge in [-0.1, -0.05) is 0 Å². The summed E-state index contributed by atoms with van der Waals surface area (Å²) in [4.78, 5) is 0. The molecule has 0 unspecified atom stereocenters. The van der Waals surface area contributed by atoms with Crippen LogP contribution in [-0.4, -0.2) is 15.0 Å². The third-order valence-electron chi connectivity index (χ3n) is 0.595. The fourth-order valence-corrected chi connectivity index (χ4v) is 1.77. The second-order valence-corrected chi connectivity index (χ2v) is 3.26. The Morgan fingerprint density at radius 3 is 2.00 bits per heavy atom. The molecule has 0 amide bonds. The van der Waals surface area contributed by atoms with Crippen LogP contribution < -0.4 is 0 Å². The van der Waals surface area contributed by atoms with Crippen LogP contribution in [0, 0.1) is 0 Å².